The molecule has 0 fully saturated rings. The highest BCUT2D eigenvalue weighted by Crippen LogP contribution is 2.07. The van der Waals surface area contributed by atoms with Gasteiger partial charge in [0.25, 0.3) is 5.56 Å². The van der Waals surface area contributed by atoms with E-state index in [9.17, 15) is 4.79 Å². The first kappa shape index (κ1) is 10.3. The van der Waals surface area contributed by atoms with Gasteiger partial charge >= 0.3 is 0 Å². The van der Waals surface area contributed by atoms with Crippen molar-refractivity contribution in [3.8, 4) is 0 Å². The van der Waals surface area contributed by atoms with E-state index in [1.54, 1.807) is 17.0 Å². The summed E-state index contributed by atoms with van der Waals surface area (Å²) in [6.07, 6.45) is 1.58. The molecule has 2 heterocycles. The van der Waals surface area contributed by atoms with E-state index in [1.165, 1.54) is 0 Å². The number of hydrogen-bond donors (Lipinski definition) is 2. The molecule has 0 spiro atoms. The number of aromatic nitrogens is 3. The Morgan fingerprint density at radius 2 is 2.14 bits per heavy atom. The third-order valence-corrected chi connectivity index (χ3v) is 1.75. The first-order valence-corrected chi connectivity index (χ1v) is 4.48. The third kappa shape index (κ3) is 1.61. The Morgan fingerprint density at radius 1 is 1.50 bits per heavy atom. The van der Waals surface area contributed by atoms with Gasteiger partial charge in [-0.25, -0.2) is 4.98 Å². The molecule has 0 amide bonds. The monoisotopic (exact) mass is 194 g/mol. The molecule has 0 aliphatic heterocycles. The molecule has 2 aromatic heterocycles. The number of rotatable bonds is 0. The molecule has 5 nitrogen and oxygen atoms in total. The zero-order chi connectivity index (χ0) is 10.7. The van der Waals surface area contributed by atoms with Crippen LogP contribution >= 0.6 is 0 Å². The largest absolute Gasteiger partial charge is 0.385 e. The molecule has 0 aliphatic carbocycles. The number of nitrogens with one attached hydrogen (secondary N) is 1. The fourth-order valence-electron chi connectivity index (χ4n) is 1.16. The zero-order valence-corrected chi connectivity index (χ0v) is 8.53. The SMILES string of the molecule is CC.Cn1cnc2c(=O)[nH]c(N)cc21. The maximum Gasteiger partial charge on any atom is 0.277 e. The highest BCUT2D eigenvalue weighted by Gasteiger charge is 2.03. The fraction of sp³-hybridized carbons (Fsp3) is 0.333. The molecule has 14 heavy (non-hydrogen) atoms. The number of nitrogens with two attached hydrogens (primary N) is 1. The molecule has 0 aliphatic rings. The van der Waals surface area contributed by atoms with Gasteiger partial charge < -0.3 is 15.3 Å². The summed E-state index contributed by atoms with van der Waals surface area (Å²) in [5, 5.41) is 0. The van der Waals surface area contributed by atoms with Crippen molar-refractivity contribution in [3.05, 3.63) is 22.7 Å². The van der Waals surface area contributed by atoms with Crippen LogP contribution in [0.3, 0.4) is 0 Å². The van der Waals surface area contributed by atoms with E-state index in [0.717, 1.165) is 5.52 Å². The van der Waals surface area contributed by atoms with Gasteiger partial charge in [-0.3, -0.25) is 4.79 Å². The summed E-state index contributed by atoms with van der Waals surface area (Å²) in [5.41, 5.74) is 6.38. The third-order valence-electron chi connectivity index (χ3n) is 1.75. The molecule has 2 aromatic rings. The van der Waals surface area contributed by atoms with Crippen molar-refractivity contribution in [2.75, 3.05) is 5.73 Å². The lowest BCUT2D eigenvalue weighted by Gasteiger charge is -1.94. The number of fused-ring (bicyclic) bond motifs is 1. The lowest BCUT2D eigenvalue weighted by atomic mass is 10.4. The summed E-state index contributed by atoms with van der Waals surface area (Å²) < 4.78 is 1.75. The Balaban J connectivity index is 0.000000461. The van der Waals surface area contributed by atoms with Crippen LogP contribution in [-0.4, -0.2) is 14.5 Å². The lowest BCUT2D eigenvalue weighted by molar-refractivity contribution is 0.947. The molecule has 0 saturated carbocycles. The van der Waals surface area contributed by atoms with E-state index in [1.807, 2.05) is 20.9 Å². The van der Waals surface area contributed by atoms with Crippen LogP contribution < -0.4 is 11.3 Å². The predicted molar refractivity (Wildman–Crippen MR) is 57.1 cm³/mol. The summed E-state index contributed by atoms with van der Waals surface area (Å²) in [6.45, 7) is 4.00. The van der Waals surface area contributed by atoms with E-state index >= 15 is 0 Å². The lowest BCUT2D eigenvalue weighted by Crippen LogP contribution is -2.09. The van der Waals surface area contributed by atoms with Crippen molar-refractivity contribution in [2.45, 2.75) is 13.8 Å². The Morgan fingerprint density at radius 3 is 2.79 bits per heavy atom. The standard InChI is InChI=1S/C7H8N4O.C2H6/c1-11-3-9-6-4(11)2-5(8)10-7(6)12;1-2/h2-3H,1H3,(H3,8,10,12);1-2H3. The molecule has 2 rings (SSSR count). The van der Waals surface area contributed by atoms with Crippen LogP contribution in [0.15, 0.2) is 17.2 Å². The smallest absolute Gasteiger partial charge is 0.277 e. The van der Waals surface area contributed by atoms with Crippen molar-refractivity contribution < 1.29 is 0 Å². The fourth-order valence-corrected chi connectivity index (χ4v) is 1.16. The molecule has 5 heteroatoms. The molecule has 0 atom stereocenters. The maximum absolute atomic E-state index is 11.2. The van der Waals surface area contributed by atoms with E-state index in [2.05, 4.69) is 9.97 Å². The zero-order valence-electron chi connectivity index (χ0n) is 8.53. The van der Waals surface area contributed by atoms with E-state index in [0.29, 0.717) is 11.3 Å². The highest BCUT2D eigenvalue weighted by molar-refractivity contribution is 5.76. The summed E-state index contributed by atoms with van der Waals surface area (Å²) in [4.78, 5) is 17.6. The average Bonchev–Trinajstić information content (AvgIpc) is 2.52. The van der Waals surface area contributed by atoms with Gasteiger partial charge in [0.1, 0.15) is 5.82 Å². The van der Waals surface area contributed by atoms with Gasteiger partial charge in [-0.05, 0) is 0 Å². The van der Waals surface area contributed by atoms with Crippen molar-refractivity contribution in [2.24, 2.45) is 7.05 Å². The second-order valence-corrected chi connectivity index (χ2v) is 2.64. The van der Waals surface area contributed by atoms with Crippen molar-refractivity contribution in [3.63, 3.8) is 0 Å². The van der Waals surface area contributed by atoms with Gasteiger partial charge in [-0.2, -0.15) is 0 Å². The minimum Gasteiger partial charge on any atom is -0.385 e. The molecule has 76 valence electrons. The first-order valence-electron chi connectivity index (χ1n) is 4.48. The first-order chi connectivity index (χ1) is 6.68. The van der Waals surface area contributed by atoms with E-state index in [-0.39, 0.29) is 5.56 Å². The van der Waals surface area contributed by atoms with Gasteiger partial charge in [0.05, 0.1) is 11.8 Å². The summed E-state index contributed by atoms with van der Waals surface area (Å²) in [5.74, 6) is 0.358. The number of pyridine rings is 1. The molecule has 0 unspecified atom stereocenters. The van der Waals surface area contributed by atoms with Crippen LogP contribution in [0.4, 0.5) is 5.82 Å². The average molecular weight is 194 g/mol. The van der Waals surface area contributed by atoms with Gasteiger partial charge in [0, 0.05) is 13.1 Å². The van der Waals surface area contributed by atoms with E-state index in [4.69, 9.17) is 5.73 Å². The van der Waals surface area contributed by atoms with Gasteiger partial charge in [0.15, 0.2) is 5.52 Å². The summed E-state index contributed by atoms with van der Waals surface area (Å²) >= 11 is 0. The quantitative estimate of drug-likeness (QED) is 0.653. The Labute approximate surface area is 81.6 Å². The number of nitrogen functional groups attached to an aromatic ring is 1. The number of aryl methyl sites for hydroxylation is 1. The Hall–Kier alpha value is -1.78. The van der Waals surface area contributed by atoms with Crippen LogP contribution in [0.2, 0.25) is 0 Å². The minimum atomic E-state index is -0.245. The highest BCUT2D eigenvalue weighted by atomic mass is 16.1. The summed E-state index contributed by atoms with van der Waals surface area (Å²) in [6, 6.07) is 1.68. The normalized spacial score (nSPS) is 9.64. The molecule has 0 bridgehead atoms. The summed E-state index contributed by atoms with van der Waals surface area (Å²) in [7, 11) is 1.81. The molecular weight excluding hydrogens is 180 g/mol. The second kappa shape index (κ2) is 3.95. The number of imidazole rings is 1. The number of anilines is 1. The van der Waals surface area contributed by atoms with Gasteiger partial charge in [0.2, 0.25) is 0 Å². The predicted octanol–water partition coefficient (Wildman–Crippen LogP) is 0.870. The maximum atomic E-state index is 11.2. The van der Waals surface area contributed by atoms with Gasteiger partial charge in [-0.15, -0.1) is 0 Å². The molecule has 3 N–H and O–H groups in total. The van der Waals surface area contributed by atoms with Crippen molar-refractivity contribution in [1.29, 1.82) is 0 Å². The topological polar surface area (TPSA) is 76.7 Å². The van der Waals surface area contributed by atoms with Crippen LogP contribution in [0, 0.1) is 0 Å². The molecule has 0 radical (unpaired) electrons. The van der Waals surface area contributed by atoms with E-state index < -0.39 is 0 Å². The molecule has 0 aromatic carbocycles. The molecule has 0 saturated heterocycles. The van der Waals surface area contributed by atoms with Crippen LogP contribution in [-0.2, 0) is 7.05 Å². The van der Waals surface area contributed by atoms with Crippen LogP contribution in [0.1, 0.15) is 13.8 Å². The van der Waals surface area contributed by atoms with Crippen molar-refractivity contribution in [1.82, 2.24) is 14.5 Å². The number of nitrogens with zero attached hydrogens (tertiary/aromatic N) is 2. The number of aromatic amines is 1. The van der Waals surface area contributed by atoms with Gasteiger partial charge in [-0.1, -0.05) is 13.8 Å². The Bertz CT molecular complexity index is 483. The minimum absolute atomic E-state index is 0.245. The Kier molecular flexibility index (Phi) is 2.91. The van der Waals surface area contributed by atoms with Crippen LogP contribution in [0.25, 0.3) is 11.0 Å². The van der Waals surface area contributed by atoms with Crippen LogP contribution in [0.5, 0.6) is 0 Å². The molecular formula is C9H14N4O. The number of H-pyrrole nitrogens is 1. The van der Waals surface area contributed by atoms with Crippen molar-refractivity contribution >= 4 is 16.9 Å². The number of hydrogen-bond acceptors (Lipinski definition) is 3. The second-order valence-electron chi connectivity index (χ2n) is 2.64.